The first kappa shape index (κ1) is 15.2. The van der Waals surface area contributed by atoms with E-state index in [1.54, 1.807) is 7.11 Å². The molecule has 18 heavy (non-hydrogen) atoms. The van der Waals surface area contributed by atoms with E-state index in [1.165, 1.54) is 12.8 Å². The summed E-state index contributed by atoms with van der Waals surface area (Å²) < 4.78 is 5.01. The van der Waals surface area contributed by atoms with Gasteiger partial charge in [-0.25, -0.2) is 0 Å². The molecule has 0 saturated heterocycles. The highest BCUT2D eigenvalue weighted by molar-refractivity contribution is 5.79. The normalized spacial score (nSPS) is 16.1. The predicted octanol–water partition coefficient (Wildman–Crippen LogP) is 0.672. The third-order valence-corrected chi connectivity index (χ3v) is 3.20. The summed E-state index contributed by atoms with van der Waals surface area (Å²) in [6.07, 6.45) is 3.75. The van der Waals surface area contributed by atoms with Gasteiger partial charge >= 0.3 is 0 Å². The van der Waals surface area contributed by atoms with Crippen LogP contribution in [-0.2, 0) is 4.74 Å². The van der Waals surface area contributed by atoms with Crippen molar-refractivity contribution in [3.05, 3.63) is 0 Å². The minimum atomic E-state index is 0.787. The maximum Gasteiger partial charge on any atom is 0.191 e. The predicted molar refractivity (Wildman–Crippen MR) is 76.1 cm³/mol. The third kappa shape index (κ3) is 6.21. The fourth-order valence-electron chi connectivity index (χ4n) is 2.00. The van der Waals surface area contributed by atoms with Gasteiger partial charge in [-0.15, -0.1) is 0 Å². The van der Waals surface area contributed by atoms with Gasteiger partial charge in [0.25, 0.3) is 0 Å². The molecule has 1 fully saturated rings. The number of methoxy groups -OCH3 is 1. The van der Waals surface area contributed by atoms with Crippen LogP contribution >= 0.6 is 0 Å². The van der Waals surface area contributed by atoms with Crippen molar-refractivity contribution >= 4 is 5.96 Å². The van der Waals surface area contributed by atoms with Gasteiger partial charge in [0, 0.05) is 46.4 Å². The molecule has 1 rings (SSSR count). The number of ether oxygens (including phenoxy) is 1. The van der Waals surface area contributed by atoms with E-state index >= 15 is 0 Å². The molecule has 2 N–H and O–H groups in total. The second-order valence-electron chi connectivity index (χ2n) is 4.63. The summed E-state index contributed by atoms with van der Waals surface area (Å²) in [5.41, 5.74) is 0. The number of guanidine groups is 1. The molecular weight excluding hydrogens is 228 g/mol. The van der Waals surface area contributed by atoms with Crippen LogP contribution in [0, 0.1) is 0 Å². The zero-order valence-electron chi connectivity index (χ0n) is 12.0. The molecule has 0 heterocycles. The molecule has 106 valence electrons. The standard InChI is InChI=1S/C13H28N4O/c1-4-17(12-6-7-12)10-9-16-13(14-2)15-8-5-11-18-3/h12H,4-11H2,1-3H3,(H2,14,15,16). The molecular formula is C13H28N4O. The molecule has 0 atom stereocenters. The second-order valence-corrected chi connectivity index (χ2v) is 4.63. The largest absolute Gasteiger partial charge is 0.385 e. The van der Waals surface area contributed by atoms with E-state index < -0.39 is 0 Å². The Morgan fingerprint density at radius 3 is 2.61 bits per heavy atom. The summed E-state index contributed by atoms with van der Waals surface area (Å²) in [6, 6.07) is 0.841. The zero-order chi connectivity index (χ0) is 13.2. The van der Waals surface area contributed by atoms with Gasteiger partial charge in [-0.3, -0.25) is 9.89 Å². The molecule has 0 bridgehead atoms. The van der Waals surface area contributed by atoms with E-state index in [1.807, 2.05) is 7.05 Å². The van der Waals surface area contributed by atoms with Gasteiger partial charge in [0.1, 0.15) is 0 Å². The van der Waals surface area contributed by atoms with Crippen molar-refractivity contribution in [1.82, 2.24) is 15.5 Å². The van der Waals surface area contributed by atoms with Crippen molar-refractivity contribution in [2.45, 2.75) is 32.2 Å². The van der Waals surface area contributed by atoms with Crippen molar-refractivity contribution in [3.8, 4) is 0 Å². The summed E-state index contributed by atoms with van der Waals surface area (Å²) in [4.78, 5) is 6.74. The van der Waals surface area contributed by atoms with E-state index in [-0.39, 0.29) is 0 Å². The Hall–Kier alpha value is -0.810. The van der Waals surface area contributed by atoms with Gasteiger partial charge < -0.3 is 15.4 Å². The van der Waals surface area contributed by atoms with Gasteiger partial charge in [-0.05, 0) is 25.8 Å². The van der Waals surface area contributed by atoms with Crippen LogP contribution in [0.4, 0.5) is 0 Å². The quantitative estimate of drug-likeness (QED) is 0.362. The van der Waals surface area contributed by atoms with Gasteiger partial charge in [0.15, 0.2) is 5.96 Å². The highest BCUT2D eigenvalue weighted by Crippen LogP contribution is 2.25. The lowest BCUT2D eigenvalue weighted by molar-refractivity contribution is 0.195. The Bertz CT molecular complexity index is 241. The minimum Gasteiger partial charge on any atom is -0.385 e. The molecule has 5 nitrogen and oxygen atoms in total. The summed E-state index contributed by atoms with van der Waals surface area (Å²) >= 11 is 0. The topological polar surface area (TPSA) is 48.9 Å². The number of hydrogen-bond acceptors (Lipinski definition) is 3. The molecule has 1 saturated carbocycles. The molecule has 1 aliphatic rings. The first-order valence-electron chi connectivity index (χ1n) is 6.99. The van der Waals surface area contributed by atoms with Crippen LogP contribution in [0.2, 0.25) is 0 Å². The number of rotatable bonds is 9. The maximum atomic E-state index is 5.01. The molecule has 0 amide bonds. The van der Waals surface area contributed by atoms with Crippen LogP contribution in [-0.4, -0.2) is 63.8 Å². The van der Waals surface area contributed by atoms with E-state index in [9.17, 15) is 0 Å². The van der Waals surface area contributed by atoms with Crippen LogP contribution in [0.15, 0.2) is 4.99 Å². The first-order chi connectivity index (χ1) is 8.81. The van der Waals surface area contributed by atoms with Gasteiger partial charge in [0.05, 0.1) is 0 Å². The highest BCUT2D eigenvalue weighted by Gasteiger charge is 2.27. The van der Waals surface area contributed by atoms with Crippen LogP contribution in [0.3, 0.4) is 0 Å². The van der Waals surface area contributed by atoms with Crippen LogP contribution in [0.5, 0.6) is 0 Å². The zero-order valence-corrected chi connectivity index (χ0v) is 12.0. The number of nitrogens with one attached hydrogen (secondary N) is 2. The molecule has 0 aliphatic heterocycles. The fraction of sp³-hybridized carbons (Fsp3) is 0.923. The summed E-state index contributed by atoms with van der Waals surface area (Å²) in [5.74, 6) is 0.887. The van der Waals surface area contributed by atoms with Crippen molar-refractivity contribution in [3.63, 3.8) is 0 Å². The van der Waals surface area contributed by atoms with Crippen molar-refractivity contribution in [2.75, 3.05) is 46.9 Å². The summed E-state index contributed by atoms with van der Waals surface area (Å²) in [5, 5.41) is 6.63. The number of nitrogens with zero attached hydrogens (tertiary/aromatic N) is 2. The molecule has 0 radical (unpaired) electrons. The molecule has 1 aliphatic carbocycles. The lowest BCUT2D eigenvalue weighted by Gasteiger charge is -2.20. The lowest BCUT2D eigenvalue weighted by Crippen LogP contribution is -2.42. The van der Waals surface area contributed by atoms with Crippen molar-refractivity contribution in [1.29, 1.82) is 0 Å². The van der Waals surface area contributed by atoms with E-state index in [4.69, 9.17) is 4.74 Å². The maximum absolute atomic E-state index is 5.01. The van der Waals surface area contributed by atoms with Gasteiger partial charge in [-0.2, -0.15) is 0 Å². The number of likely N-dealkylation sites (N-methyl/N-ethyl adjacent to an activating group) is 1. The van der Waals surface area contributed by atoms with Gasteiger partial charge in [0.2, 0.25) is 0 Å². The lowest BCUT2D eigenvalue weighted by atomic mass is 10.4. The third-order valence-electron chi connectivity index (χ3n) is 3.20. The molecule has 0 spiro atoms. The Balaban J connectivity index is 2.07. The Morgan fingerprint density at radius 1 is 1.33 bits per heavy atom. The average molecular weight is 256 g/mol. The Kier molecular flexibility index (Phi) is 7.76. The SMILES string of the molecule is CCN(CCNC(=NC)NCCCOC)C1CC1. The van der Waals surface area contributed by atoms with Crippen molar-refractivity contribution in [2.24, 2.45) is 4.99 Å². The average Bonchev–Trinajstić information content (AvgIpc) is 3.21. The number of aliphatic imine (C=N–C) groups is 1. The van der Waals surface area contributed by atoms with E-state index in [2.05, 4.69) is 27.4 Å². The molecule has 0 aromatic carbocycles. The van der Waals surface area contributed by atoms with Crippen LogP contribution in [0.25, 0.3) is 0 Å². The summed E-state index contributed by atoms with van der Waals surface area (Å²) in [6.45, 7) is 7.11. The molecule has 0 unspecified atom stereocenters. The van der Waals surface area contributed by atoms with Gasteiger partial charge in [-0.1, -0.05) is 6.92 Å². The molecule has 0 aromatic heterocycles. The number of hydrogen-bond donors (Lipinski definition) is 2. The molecule has 5 heteroatoms. The fourth-order valence-corrected chi connectivity index (χ4v) is 2.00. The smallest absolute Gasteiger partial charge is 0.191 e. The molecule has 0 aromatic rings. The second kappa shape index (κ2) is 9.16. The van der Waals surface area contributed by atoms with Crippen LogP contribution in [0.1, 0.15) is 26.2 Å². The Morgan fingerprint density at radius 2 is 2.06 bits per heavy atom. The first-order valence-corrected chi connectivity index (χ1v) is 6.99. The minimum absolute atomic E-state index is 0.787. The summed E-state index contributed by atoms with van der Waals surface area (Å²) in [7, 11) is 3.54. The van der Waals surface area contributed by atoms with E-state index in [0.29, 0.717) is 0 Å². The highest BCUT2D eigenvalue weighted by atomic mass is 16.5. The monoisotopic (exact) mass is 256 g/mol. The van der Waals surface area contributed by atoms with Crippen molar-refractivity contribution < 1.29 is 4.74 Å². The van der Waals surface area contributed by atoms with E-state index in [0.717, 1.165) is 51.2 Å². The Labute approximate surface area is 111 Å². The van der Waals surface area contributed by atoms with Crippen LogP contribution < -0.4 is 10.6 Å².